The molecule has 2 aromatic carbocycles. The average molecular weight is 398 g/mol. The van der Waals surface area contributed by atoms with E-state index in [4.69, 9.17) is 4.98 Å². The van der Waals surface area contributed by atoms with E-state index >= 15 is 0 Å². The van der Waals surface area contributed by atoms with Crippen molar-refractivity contribution in [3.8, 4) is 0 Å². The van der Waals surface area contributed by atoms with Gasteiger partial charge in [-0.2, -0.15) is 0 Å². The molecular formula is C29H35N. The van der Waals surface area contributed by atoms with Crippen LogP contribution >= 0.6 is 0 Å². The fourth-order valence-corrected chi connectivity index (χ4v) is 4.07. The van der Waals surface area contributed by atoms with Gasteiger partial charge in [0.2, 0.25) is 0 Å². The van der Waals surface area contributed by atoms with Gasteiger partial charge in [0.25, 0.3) is 0 Å². The smallest absolute Gasteiger partial charge is 0.0664 e. The molecule has 0 saturated heterocycles. The first-order chi connectivity index (χ1) is 14.3. The molecule has 0 aliphatic heterocycles. The lowest BCUT2D eigenvalue weighted by Gasteiger charge is -2.24. The molecule has 3 rings (SSSR count). The first-order valence-corrected chi connectivity index (χ1v) is 11.2. The van der Waals surface area contributed by atoms with Gasteiger partial charge >= 0.3 is 0 Å². The van der Waals surface area contributed by atoms with Crippen LogP contribution in [-0.2, 0) is 5.41 Å². The van der Waals surface area contributed by atoms with Crippen molar-refractivity contribution in [1.82, 2.24) is 4.98 Å². The molecule has 0 aliphatic rings. The highest BCUT2D eigenvalue weighted by Gasteiger charge is 2.19. The second-order valence-electron chi connectivity index (χ2n) is 9.12. The summed E-state index contributed by atoms with van der Waals surface area (Å²) in [6.07, 6.45) is 6.21. The molecule has 0 radical (unpaired) electrons. The summed E-state index contributed by atoms with van der Waals surface area (Å²) in [5, 5.41) is 2.61. The van der Waals surface area contributed by atoms with E-state index in [2.05, 4.69) is 103 Å². The summed E-state index contributed by atoms with van der Waals surface area (Å²) in [7, 11) is 0. The predicted molar refractivity (Wildman–Crippen MR) is 133 cm³/mol. The van der Waals surface area contributed by atoms with Gasteiger partial charge in [0.1, 0.15) is 0 Å². The van der Waals surface area contributed by atoms with Gasteiger partial charge in [-0.1, -0.05) is 84.5 Å². The number of nitrogens with zero attached hydrogens (tertiary/aromatic N) is 1. The van der Waals surface area contributed by atoms with Gasteiger partial charge in [-0.25, -0.2) is 0 Å². The van der Waals surface area contributed by atoms with Crippen molar-refractivity contribution < 1.29 is 0 Å². The van der Waals surface area contributed by atoms with Gasteiger partial charge in [0.05, 0.1) is 5.69 Å². The molecule has 0 N–H and O–H groups in total. The molecule has 0 atom stereocenters. The Labute approximate surface area is 182 Å². The first-order valence-electron chi connectivity index (χ1n) is 11.2. The van der Waals surface area contributed by atoms with E-state index in [1.165, 1.54) is 33.0 Å². The van der Waals surface area contributed by atoms with Crippen LogP contribution in [-0.4, -0.2) is 4.98 Å². The molecule has 0 spiro atoms. The van der Waals surface area contributed by atoms with E-state index in [0.717, 1.165) is 24.1 Å². The highest BCUT2D eigenvalue weighted by atomic mass is 14.7. The highest BCUT2D eigenvalue weighted by Crippen LogP contribution is 2.35. The van der Waals surface area contributed by atoms with E-state index in [1.54, 1.807) is 0 Å². The van der Waals surface area contributed by atoms with E-state index in [0.29, 0.717) is 5.92 Å². The third kappa shape index (κ3) is 4.41. The van der Waals surface area contributed by atoms with Crippen molar-refractivity contribution in [1.29, 1.82) is 0 Å². The molecule has 0 fully saturated rings. The topological polar surface area (TPSA) is 12.9 Å². The third-order valence-electron chi connectivity index (χ3n) is 6.38. The van der Waals surface area contributed by atoms with Crippen molar-refractivity contribution >= 4 is 21.9 Å². The van der Waals surface area contributed by atoms with Crippen LogP contribution in [0.25, 0.3) is 21.9 Å². The highest BCUT2D eigenvalue weighted by molar-refractivity contribution is 5.93. The summed E-state index contributed by atoms with van der Waals surface area (Å²) >= 11 is 0. The molecule has 3 aromatic rings. The summed E-state index contributed by atoms with van der Waals surface area (Å²) in [5.74, 6) is 0.424. The van der Waals surface area contributed by atoms with Crippen molar-refractivity contribution in [3.05, 3.63) is 89.8 Å². The second-order valence-corrected chi connectivity index (χ2v) is 9.12. The Morgan fingerprint density at radius 3 is 2.47 bits per heavy atom. The van der Waals surface area contributed by atoms with E-state index < -0.39 is 0 Å². The predicted octanol–water partition coefficient (Wildman–Crippen LogP) is 8.55. The Balaban J connectivity index is 2.07. The zero-order valence-corrected chi connectivity index (χ0v) is 19.4. The van der Waals surface area contributed by atoms with Crippen LogP contribution in [0.2, 0.25) is 0 Å². The summed E-state index contributed by atoms with van der Waals surface area (Å²) in [6.45, 7) is 18.0. The van der Waals surface area contributed by atoms with Crippen molar-refractivity contribution in [2.75, 3.05) is 0 Å². The fourth-order valence-electron chi connectivity index (χ4n) is 4.07. The minimum atomic E-state index is 0.150. The monoisotopic (exact) mass is 397 g/mol. The molecule has 1 aromatic heterocycles. The molecule has 0 aliphatic carbocycles. The summed E-state index contributed by atoms with van der Waals surface area (Å²) in [4.78, 5) is 4.70. The van der Waals surface area contributed by atoms with Crippen LogP contribution in [0.5, 0.6) is 0 Å². The lowest BCUT2D eigenvalue weighted by atomic mass is 9.82. The quantitative estimate of drug-likeness (QED) is 0.364. The number of allylic oxidation sites excluding steroid dienone is 3. The van der Waals surface area contributed by atoms with Crippen LogP contribution in [0.1, 0.15) is 82.7 Å². The second kappa shape index (κ2) is 9.00. The number of hydrogen-bond acceptors (Lipinski definition) is 1. The van der Waals surface area contributed by atoms with Crippen LogP contribution < -0.4 is 0 Å². The summed E-state index contributed by atoms with van der Waals surface area (Å²) < 4.78 is 0. The van der Waals surface area contributed by atoms with Gasteiger partial charge in [-0.15, -0.1) is 0 Å². The van der Waals surface area contributed by atoms with Gasteiger partial charge < -0.3 is 0 Å². The minimum Gasteiger partial charge on any atom is -0.257 e. The Morgan fingerprint density at radius 1 is 1.07 bits per heavy atom. The van der Waals surface area contributed by atoms with Gasteiger partial charge in [-0.3, -0.25) is 4.98 Å². The Morgan fingerprint density at radius 2 is 1.80 bits per heavy atom. The van der Waals surface area contributed by atoms with Crippen LogP contribution in [0.4, 0.5) is 0 Å². The Kier molecular flexibility index (Phi) is 6.61. The maximum Gasteiger partial charge on any atom is 0.0664 e. The fraction of sp³-hybridized carbons (Fsp3) is 0.345. The standard InChI is InChI=1S/C29H35N/c1-8-22(27-19-24(16-17-30-27)29(6,7)9-2)18-21(5)25-15-14-23-12-10-11-13-26(23)28(25)20(3)4/h10-20H,5,8-9H2,1-4,6-7H3/b22-18+. The van der Waals surface area contributed by atoms with Crippen molar-refractivity contribution in [2.24, 2.45) is 0 Å². The molecule has 1 heterocycles. The zero-order valence-electron chi connectivity index (χ0n) is 19.4. The number of aromatic nitrogens is 1. The zero-order chi connectivity index (χ0) is 21.9. The molecule has 0 bridgehead atoms. The van der Waals surface area contributed by atoms with Crippen molar-refractivity contribution in [3.63, 3.8) is 0 Å². The molecule has 156 valence electrons. The molecule has 1 nitrogen and oxygen atoms in total. The van der Waals surface area contributed by atoms with Crippen LogP contribution in [0.15, 0.2) is 67.4 Å². The van der Waals surface area contributed by atoms with Crippen LogP contribution in [0.3, 0.4) is 0 Å². The molecule has 1 heteroatoms. The van der Waals surface area contributed by atoms with E-state index in [9.17, 15) is 0 Å². The summed E-state index contributed by atoms with van der Waals surface area (Å²) in [6, 6.07) is 17.5. The number of benzene rings is 2. The number of hydrogen-bond donors (Lipinski definition) is 0. The van der Waals surface area contributed by atoms with Gasteiger partial charge in [-0.05, 0) is 81.0 Å². The lowest BCUT2D eigenvalue weighted by Crippen LogP contribution is -2.15. The number of pyridine rings is 1. The molecular weight excluding hydrogens is 362 g/mol. The normalized spacial score (nSPS) is 12.6. The average Bonchev–Trinajstić information content (AvgIpc) is 2.76. The van der Waals surface area contributed by atoms with E-state index in [-0.39, 0.29) is 5.41 Å². The molecule has 0 unspecified atom stereocenters. The largest absolute Gasteiger partial charge is 0.257 e. The number of fused-ring (bicyclic) bond motifs is 1. The lowest BCUT2D eigenvalue weighted by molar-refractivity contribution is 0.505. The first kappa shape index (κ1) is 22.0. The SMILES string of the molecule is C=C(/C=C(\CC)c1cc(C(C)(C)CC)ccn1)c1ccc2ccccc2c1C(C)C. The third-order valence-corrected chi connectivity index (χ3v) is 6.38. The molecule has 0 saturated carbocycles. The van der Waals surface area contributed by atoms with Gasteiger partial charge in [0, 0.05) is 6.20 Å². The maximum atomic E-state index is 4.70. The maximum absolute atomic E-state index is 4.70. The minimum absolute atomic E-state index is 0.150. The number of rotatable bonds is 7. The van der Waals surface area contributed by atoms with Crippen molar-refractivity contribution in [2.45, 2.75) is 65.7 Å². The molecule has 30 heavy (non-hydrogen) atoms. The summed E-state index contributed by atoms with van der Waals surface area (Å²) in [5.41, 5.74) is 7.45. The Bertz CT molecular complexity index is 1080. The van der Waals surface area contributed by atoms with Gasteiger partial charge in [0.15, 0.2) is 0 Å². The Hall–Kier alpha value is -2.67. The van der Waals surface area contributed by atoms with Crippen LogP contribution in [0, 0.1) is 0 Å². The van der Waals surface area contributed by atoms with E-state index in [1.807, 2.05) is 6.20 Å². The molecule has 0 amide bonds.